The summed E-state index contributed by atoms with van der Waals surface area (Å²) in [6.07, 6.45) is 15.0. The highest BCUT2D eigenvalue weighted by Gasteiger charge is 2.32. The Bertz CT molecular complexity index is 2910. The van der Waals surface area contributed by atoms with Gasteiger partial charge in [-0.2, -0.15) is 0 Å². The summed E-state index contributed by atoms with van der Waals surface area (Å²) >= 11 is 0. The molecule has 0 spiro atoms. The van der Waals surface area contributed by atoms with Crippen LogP contribution in [0.5, 0.6) is 0 Å². The van der Waals surface area contributed by atoms with E-state index in [-0.39, 0.29) is 5.82 Å². The van der Waals surface area contributed by atoms with Gasteiger partial charge in [0.2, 0.25) is 0 Å². The quantitative estimate of drug-likeness (QED) is 0.189. The Kier molecular flexibility index (Phi) is 6.01. The van der Waals surface area contributed by atoms with Crippen LogP contribution in [0.25, 0.3) is 94.3 Å². The van der Waals surface area contributed by atoms with E-state index in [9.17, 15) is 4.39 Å². The number of aromatic nitrogens is 3. The molecule has 0 aliphatic heterocycles. The van der Waals surface area contributed by atoms with Crippen molar-refractivity contribution in [3.8, 4) is 39.3 Å². The number of aryl methyl sites for hydroxylation is 1. The van der Waals surface area contributed by atoms with Gasteiger partial charge in [0.25, 0.3) is 0 Å². The molecule has 5 aromatic carbocycles. The molecule has 2 aromatic heterocycles. The molecule has 242 valence electrons. The van der Waals surface area contributed by atoms with Gasteiger partial charge in [0.1, 0.15) is 11.6 Å². The number of hydrogen-bond acceptors (Lipinski definition) is 2. The molecule has 4 aliphatic carbocycles. The summed E-state index contributed by atoms with van der Waals surface area (Å²) in [5.41, 5.74) is 14.0. The molecule has 4 heteroatoms. The molecule has 0 atom stereocenters. The normalized spacial score (nSPS) is 14.5. The first kappa shape index (κ1) is 28.7. The summed E-state index contributed by atoms with van der Waals surface area (Å²) in [5.74, 6) is 1.32. The summed E-state index contributed by atoms with van der Waals surface area (Å²) < 4.78 is 16.6. The maximum absolute atomic E-state index is 14.2. The van der Waals surface area contributed by atoms with Crippen LogP contribution in [0, 0.1) is 12.7 Å². The van der Waals surface area contributed by atoms with Gasteiger partial charge in [0, 0.05) is 27.5 Å². The van der Waals surface area contributed by atoms with E-state index in [0.29, 0.717) is 0 Å². The lowest BCUT2D eigenvalue weighted by Crippen LogP contribution is -2.08. The summed E-state index contributed by atoms with van der Waals surface area (Å²) in [5, 5.41) is 7.67. The molecule has 0 saturated heterocycles. The third kappa shape index (κ3) is 3.99. The predicted octanol–water partition coefficient (Wildman–Crippen LogP) is 12.3. The summed E-state index contributed by atoms with van der Waals surface area (Å²) in [6, 6.07) is 33.7. The van der Waals surface area contributed by atoms with E-state index >= 15 is 0 Å². The Balaban J connectivity index is 1.34. The first-order valence-electron chi connectivity index (χ1n) is 17.9. The lowest BCUT2D eigenvalue weighted by Gasteiger charge is -2.18. The number of hydrogen-bond donors (Lipinski definition) is 0. The number of benzene rings is 5. The molecule has 0 unspecified atom stereocenters. The van der Waals surface area contributed by atoms with Crippen molar-refractivity contribution in [1.29, 1.82) is 0 Å². The van der Waals surface area contributed by atoms with Crippen molar-refractivity contribution in [3.63, 3.8) is 0 Å². The Morgan fingerprint density at radius 3 is 2.31 bits per heavy atom. The second-order valence-electron chi connectivity index (χ2n) is 14.0. The second-order valence-corrected chi connectivity index (χ2v) is 14.0. The molecule has 4 aliphatic rings. The number of fused-ring (bicyclic) bond motifs is 3. The predicted molar refractivity (Wildman–Crippen MR) is 210 cm³/mol. The van der Waals surface area contributed by atoms with Crippen molar-refractivity contribution in [2.75, 3.05) is 0 Å². The van der Waals surface area contributed by atoms with Crippen molar-refractivity contribution in [3.05, 3.63) is 150 Å². The van der Waals surface area contributed by atoms with E-state index in [1.165, 1.54) is 77.8 Å². The van der Waals surface area contributed by atoms with E-state index in [0.717, 1.165) is 70.8 Å². The third-order valence-electron chi connectivity index (χ3n) is 11.3. The average molecular weight is 658 g/mol. The average Bonchev–Trinajstić information content (AvgIpc) is 3.65. The highest BCUT2D eigenvalue weighted by Crippen LogP contribution is 2.55. The summed E-state index contributed by atoms with van der Waals surface area (Å²) in [7, 11) is 0. The number of allylic oxidation sites excluding steroid dienone is 5. The first-order valence-corrected chi connectivity index (χ1v) is 17.9. The highest BCUT2D eigenvalue weighted by molar-refractivity contribution is 6.35. The molecule has 51 heavy (non-hydrogen) atoms. The smallest absolute Gasteiger partial charge is 0.158 e. The molecule has 0 saturated carbocycles. The highest BCUT2D eigenvalue weighted by atomic mass is 19.1. The van der Waals surface area contributed by atoms with Gasteiger partial charge in [-0.25, -0.2) is 14.4 Å². The van der Waals surface area contributed by atoms with Crippen LogP contribution in [0.1, 0.15) is 41.8 Å². The van der Waals surface area contributed by atoms with E-state index < -0.39 is 0 Å². The van der Waals surface area contributed by atoms with E-state index in [1.807, 2.05) is 12.1 Å². The molecular formula is C47H32FN3. The molecular weight excluding hydrogens is 626 g/mol. The van der Waals surface area contributed by atoms with E-state index in [4.69, 9.17) is 9.97 Å². The number of nitrogens with zero attached hydrogens (tertiary/aromatic N) is 3. The molecule has 0 fully saturated rings. The Morgan fingerprint density at radius 2 is 1.47 bits per heavy atom. The molecule has 0 N–H and O–H groups in total. The van der Waals surface area contributed by atoms with Crippen molar-refractivity contribution in [2.45, 2.75) is 32.6 Å². The molecule has 3 nitrogen and oxygen atoms in total. The summed E-state index contributed by atoms with van der Waals surface area (Å²) in [6.45, 7) is 2.11. The molecule has 2 heterocycles. The van der Waals surface area contributed by atoms with Gasteiger partial charge in [-0.1, -0.05) is 91.0 Å². The zero-order valence-electron chi connectivity index (χ0n) is 28.2. The number of halogens is 1. The van der Waals surface area contributed by atoms with Gasteiger partial charge in [-0.15, -0.1) is 0 Å². The molecule has 7 aromatic rings. The maximum Gasteiger partial charge on any atom is 0.158 e. The van der Waals surface area contributed by atoms with Gasteiger partial charge in [0.15, 0.2) is 5.82 Å². The van der Waals surface area contributed by atoms with Crippen LogP contribution >= 0.6 is 0 Å². The van der Waals surface area contributed by atoms with Crippen LogP contribution in [0.4, 0.5) is 4.39 Å². The van der Waals surface area contributed by atoms with Crippen molar-refractivity contribution in [1.82, 2.24) is 14.5 Å². The van der Waals surface area contributed by atoms with Crippen LogP contribution in [0.2, 0.25) is 0 Å². The minimum atomic E-state index is -0.260. The topological polar surface area (TPSA) is 30.7 Å². The van der Waals surface area contributed by atoms with E-state index in [1.54, 1.807) is 0 Å². The summed E-state index contributed by atoms with van der Waals surface area (Å²) in [4.78, 5) is 10.6. The van der Waals surface area contributed by atoms with Gasteiger partial charge >= 0.3 is 0 Å². The Morgan fingerprint density at radius 1 is 0.647 bits per heavy atom. The lowest BCUT2D eigenvalue weighted by molar-refractivity contribution is 0.628. The van der Waals surface area contributed by atoms with Crippen LogP contribution in [0.15, 0.2) is 121 Å². The SMILES string of the molecule is Cc1c(-c2ccc(F)cc2)nc(C2=CC=CCC2)nc1-n1c2ccc3c4c(c5c(-c6ccccc6)c6cccc7ccc1c(c2c3-5)c76)C=CCC4. The molecule has 0 radical (unpaired) electrons. The number of rotatable bonds is 4. The van der Waals surface area contributed by atoms with Crippen molar-refractivity contribution in [2.24, 2.45) is 0 Å². The standard InChI is InChI=1S/C47H32FN3/c1-27-45(30-19-22-32(48)23-20-30)49-46(31-13-6-3-7-14-31)50-47(27)51-37-25-21-29-15-10-18-36-39(28-11-4-2-5-12-28)41-34-17-9-8-16-33(34)35-24-26-38(51)44(42(35)41)43(37)40(29)36/h2-6,9-13,15,17-26H,7-8,14,16H2,1H3. The Labute approximate surface area is 294 Å². The van der Waals surface area contributed by atoms with Crippen LogP contribution in [-0.4, -0.2) is 14.5 Å². The first-order chi connectivity index (χ1) is 25.2. The third-order valence-corrected chi connectivity index (χ3v) is 11.3. The van der Waals surface area contributed by atoms with Crippen LogP contribution in [0.3, 0.4) is 0 Å². The Hall–Kier alpha value is -6.13. The van der Waals surface area contributed by atoms with Gasteiger partial charge in [0.05, 0.1) is 16.7 Å². The fraction of sp³-hybridized carbons (Fsp3) is 0.106. The minimum Gasteiger partial charge on any atom is -0.293 e. The fourth-order valence-electron chi connectivity index (χ4n) is 9.07. The minimum absolute atomic E-state index is 0.260. The lowest BCUT2D eigenvalue weighted by atomic mass is 9.91. The zero-order chi connectivity index (χ0) is 33.8. The van der Waals surface area contributed by atoms with Gasteiger partial charge < -0.3 is 0 Å². The fourth-order valence-corrected chi connectivity index (χ4v) is 9.07. The largest absolute Gasteiger partial charge is 0.293 e. The van der Waals surface area contributed by atoms with Crippen LogP contribution < -0.4 is 0 Å². The van der Waals surface area contributed by atoms with Gasteiger partial charge in [-0.05, 0) is 124 Å². The molecule has 0 bridgehead atoms. The monoisotopic (exact) mass is 657 g/mol. The van der Waals surface area contributed by atoms with Crippen molar-refractivity contribution >= 4 is 55.0 Å². The van der Waals surface area contributed by atoms with Crippen molar-refractivity contribution < 1.29 is 4.39 Å². The van der Waals surface area contributed by atoms with Crippen LogP contribution in [-0.2, 0) is 6.42 Å². The maximum atomic E-state index is 14.2. The van der Waals surface area contributed by atoms with E-state index in [2.05, 4.69) is 115 Å². The zero-order valence-corrected chi connectivity index (χ0v) is 28.2. The molecule has 0 amide bonds. The second kappa shape index (κ2) is 10.7. The van der Waals surface area contributed by atoms with Gasteiger partial charge in [-0.3, -0.25) is 4.57 Å². The molecule has 11 rings (SSSR count).